The summed E-state index contributed by atoms with van der Waals surface area (Å²) in [6, 6.07) is 9.02. The Bertz CT molecular complexity index is 297. The van der Waals surface area contributed by atoms with E-state index in [0.29, 0.717) is 12.1 Å². The van der Waals surface area contributed by atoms with Gasteiger partial charge in [0.25, 0.3) is 0 Å². The van der Waals surface area contributed by atoms with Crippen molar-refractivity contribution in [2.45, 2.75) is 31.3 Å². The number of nitrogens with one attached hydrogen (secondary N) is 1. The van der Waals surface area contributed by atoms with Gasteiger partial charge in [0.15, 0.2) is 0 Å². The zero-order valence-electron chi connectivity index (χ0n) is 8.04. The fourth-order valence-corrected chi connectivity index (χ4v) is 2.19. The molecule has 3 heteroatoms. The lowest BCUT2D eigenvalue weighted by Crippen LogP contribution is -2.35. The first kappa shape index (κ1) is 9.99. The zero-order chi connectivity index (χ0) is 9.97. The summed E-state index contributed by atoms with van der Waals surface area (Å²) >= 11 is 3.42. The van der Waals surface area contributed by atoms with Crippen molar-refractivity contribution >= 4 is 21.6 Å². The minimum atomic E-state index is 0.318. The molecule has 76 valence electrons. The summed E-state index contributed by atoms with van der Waals surface area (Å²) in [7, 11) is 0. The highest BCUT2D eigenvalue weighted by atomic mass is 79.9. The van der Waals surface area contributed by atoms with Crippen molar-refractivity contribution in [3.8, 4) is 0 Å². The van der Waals surface area contributed by atoms with Crippen molar-refractivity contribution < 1.29 is 0 Å². The second kappa shape index (κ2) is 4.32. The first-order valence-corrected chi connectivity index (χ1v) is 5.83. The van der Waals surface area contributed by atoms with E-state index in [1.54, 1.807) is 0 Å². The monoisotopic (exact) mass is 254 g/mol. The molecule has 0 heterocycles. The average molecular weight is 255 g/mol. The lowest BCUT2D eigenvalue weighted by molar-refractivity contribution is 0.638. The standard InChI is InChI=1S/C11H15BrN2/c12-8-4-6-9(7-5-8)14-11-3-1-2-10(11)13/h4-7,10-11,14H,1-3,13H2/t10-,11+/m0/s1. The highest BCUT2D eigenvalue weighted by Gasteiger charge is 2.23. The fraction of sp³-hybridized carbons (Fsp3) is 0.455. The molecule has 1 aromatic carbocycles. The number of nitrogens with two attached hydrogens (primary N) is 1. The molecule has 2 rings (SSSR count). The van der Waals surface area contributed by atoms with Gasteiger partial charge in [-0.1, -0.05) is 15.9 Å². The summed E-state index contributed by atoms with van der Waals surface area (Å²) < 4.78 is 1.11. The Balaban J connectivity index is 2.00. The topological polar surface area (TPSA) is 38.0 Å². The van der Waals surface area contributed by atoms with Crippen molar-refractivity contribution in [3.05, 3.63) is 28.7 Å². The molecule has 0 spiro atoms. The van der Waals surface area contributed by atoms with Gasteiger partial charge in [0.05, 0.1) is 0 Å². The van der Waals surface area contributed by atoms with Crippen LogP contribution in [0.15, 0.2) is 28.7 Å². The lowest BCUT2D eigenvalue weighted by atomic mass is 10.2. The van der Waals surface area contributed by atoms with E-state index >= 15 is 0 Å². The summed E-state index contributed by atoms with van der Waals surface area (Å²) in [5.41, 5.74) is 7.15. The maximum absolute atomic E-state index is 5.98. The van der Waals surface area contributed by atoms with Crippen molar-refractivity contribution in [1.29, 1.82) is 0 Å². The molecule has 3 N–H and O–H groups in total. The highest BCUT2D eigenvalue weighted by Crippen LogP contribution is 2.22. The van der Waals surface area contributed by atoms with E-state index in [2.05, 4.69) is 33.4 Å². The largest absolute Gasteiger partial charge is 0.381 e. The Morgan fingerprint density at radius 1 is 1.21 bits per heavy atom. The molecule has 1 fully saturated rings. The normalized spacial score (nSPS) is 26.4. The third-order valence-electron chi connectivity index (χ3n) is 2.77. The third-order valence-corrected chi connectivity index (χ3v) is 3.29. The molecule has 2 atom stereocenters. The first-order valence-electron chi connectivity index (χ1n) is 5.03. The van der Waals surface area contributed by atoms with Crippen molar-refractivity contribution in [3.63, 3.8) is 0 Å². The van der Waals surface area contributed by atoms with E-state index in [-0.39, 0.29) is 0 Å². The second-order valence-corrected chi connectivity index (χ2v) is 4.77. The number of anilines is 1. The number of hydrogen-bond acceptors (Lipinski definition) is 2. The Morgan fingerprint density at radius 3 is 2.50 bits per heavy atom. The lowest BCUT2D eigenvalue weighted by Gasteiger charge is -2.18. The van der Waals surface area contributed by atoms with E-state index in [9.17, 15) is 0 Å². The molecular formula is C11H15BrN2. The predicted molar refractivity (Wildman–Crippen MR) is 63.4 cm³/mol. The van der Waals surface area contributed by atoms with Crippen LogP contribution in [-0.4, -0.2) is 12.1 Å². The van der Waals surface area contributed by atoms with E-state index < -0.39 is 0 Å². The van der Waals surface area contributed by atoms with Crippen LogP contribution in [0.5, 0.6) is 0 Å². The Kier molecular flexibility index (Phi) is 3.08. The van der Waals surface area contributed by atoms with Gasteiger partial charge in [-0.2, -0.15) is 0 Å². The van der Waals surface area contributed by atoms with Crippen LogP contribution in [0.3, 0.4) is 0 Å². The molecule has 0 amide bonds. The predicted octanol–water partition coefficient (Wildman–Crippen LogP) is 2.74. The van der Waals surface area contributed by atoms with Crippen molar-refractivity contribution in [1.82, 2.24) is 0 Å². The Hall–Kier alpha value is -0.540. The maximum atomic E-state index is 5.98. The molecule has 1 aromatic rings. The minimum Gasteiger partial charge on any atom is -0.381 e. The first-order chi connectivity index (χ1) is 6.75. The van der Waals surface area contributed by atoms with Gasteiger partial charge in [-0.05, 0) is 43.5 Å². The smallest absolute Gasteiger partial charge is 0.0412 e. The van der Waals surface area contributed by atoms with E-state index in [1.165, 1.54) is 12.8 Å². The fourth-order valence-electron chi connectivity index (χ4n) is 1.93. The molecule has 1 saturated carbocycles. The van der Waals surface area contributed by atoms with Crippen LogP contribution in [-0.2, 0) is 0 Å². The number of hydrogen-bond donors (Lipinski definition) is 2. The van der Waals surface area contributed by atoms with E-state index in [4.69, 9.17) is 5.73 Å². The summed E-state index contributed by atoms with van der Waals surface area (Å²) in [6.07, 6.45) is 3.58. The maximum Gasteiger partial charge on any atom is 0.0412 e. The molecule has 0 aromatic heterocycles. The van der Waals surface area contributed by atoms with Gasteiger partial charge in [0, 0.05) is 22.2 Å². The number of halogens is 1. The molecule has 1 aliphatic carbocycles. The summed E-state index contributed by atoms with van der Waals surface area (Å²) in [5, 5.41) is 3.47. The summed E-state index contributed by atoms with van der Waals surface area (Å²) in [4.78, 5) is 0. The van der Waals surface area contributed by atoms with Gasteiger partial charge in [-0.25, -0.2) is 0 Å². The van der Waals surface area contributed by atoms with Gasteiger partial charge < -0.3 is 11.1 Å². The summed E-state index contributed by atoms with van der Waals surface area (Å²) in [5.74, 6) is 0. The van der Waals surface area contributed by atoms with Gasteiger partial charge in [-0.3, -0.25) is 0 Å². The van der Waals surface area contributed by atoms with E-state index in [1.807, 2.05) is 12.1 Å². The molecule has 0 bridgehead atoms. The highest BCUT2D eigenvalue weighted by molar-refractivity contribution is 9.10. The van der Waals surface area contributed by atoms with Gasteiger partial charge >= 0.3 is 0 Å². The average Bonchev–Trinajstić information content (AvgIpc) is 2.56. The second-order valence-electron chi connectivity index (χ2n) is 3.85. The SMILES string of the molecule is N[C@H]1CCC[C@H]1Nc1ccc(Br)cc1. The minimum absolute atomic E-state index is 0.318. The molecule has 14 heavy (non-hydrogen) atoms. The molecular weight excluding hydrogens is 240 g/mol. The van der Waals surface area contributed by atoms with Gasteiger partial charge in [0.2, 0.25) is 0 Å². The van der Waals surface area contributed by atoms with Crippen LogP contribution in [0.25, 0.3) is 0 Å². The number of rotatable bonds is 2. The van der Waals surface area contributed by atoms with Crippen LogP contribution >= 0.6 is 15.9 Å². The Morgan fingerprint density at radius 2 is 1.93 bits per heavy atom. The van der Waals surface area contributed by atoms with Crippen LogP contribution in [0, 0.1) is 0 Å². The van der Waals surface area contributed by atoms with Crippen LogP contribution in [0.1, 0.15) is 19.3 Å². The molecule has 0 unspecified atom stereocenters. The molecule has 2 nitrogen and oxygen atoms in total. The Labute approximate surface area is 93.0 Å². The van der Waals surface area contributed by atoms with Crippen LogP contribution in [0.4, 0.5) is 5.69 Å². The third kappa shape index (κ3) is 2.28. The summed E-state index contributed by atoms with van der Waals surface area (Å²) in [6.45, 7) is 0. The quantitative estimate of drug-likeness (QED) is 0.852. The van der Waals surface area contributed by atoms with Crippen LogP contribution in [0.2, 0.25) is 0 Å². The van der Waals surface area contributed by atoms with Crippen LogP contribution < -0.4 is 11.1 Å². The van der Waals surface area contributed by atoms with Crippen molar-refractivity contribution in [2.24, 2.45) is 5.73 Å². The molecule has 0 aliphatic heterocycles. The van der Waals surface area contributed by atoms with E-state index in [0.717, 1.165) is 16.6 Å². The van der Waals surface area contributed by atoms with Gasteiger partial charge in [0.1, 0.15) is 0 Å². The molecule has 0 saturated heterocycles. The van der Waals surface area contributed by atoms with Crippen molar-refractivity contribution in [2.75, 3.05) is 5.32 Å². The molecule has 0 radical (unpaired) electrons. The molecule has 1 aliphatic rings. The van der Waals surface area contributed by atoms with Gasteiger partial charge in [-0.15, -0.1) is 0 Å². The zero-order valence-corrected chi connectivity index (χ0v) is 9.63. The number of benzene rings is 1.